The fourth-order valence-corrected chi connectivity index (χ4v) is 1.52. The van der Waals surface area contributed by atoms with Crippen LogP contribution in [0.2, 0.25) is 0 Å². The van der Waals surface area contributed by atoms with E-state index in [1.165, 1.54) is 0 Å². The summed E-state index contributed by atoms with van der Waals surface area (Å²) in [6.45, 7) is 2.45. The van der Waals surface area contributed by atoms with E-state index in [0.717, 1.165) is 0 Å². The molecule has 0 aromatic heterocycles. The van der Waals surface area contributed by atoms with Gasteiger partial charge in [0.1, 0.15) is 5.75 Å². The Morgan fingerprint density at radius 2 is 1.95 bits per heavy atom. The molecule has 0 amide bonds. The van der Waals surface area contributed by atoms with Gasteiger partial charge in [0, 0.05) is 12.1 Å². The Balaban J connectivity index is 2.92. The third-order valence-corrected chi connectivity index (χ3v) is 2.90. The van der Waals surface area contributed by atoms with E-state index in [1.54, 1.807) is 31.2 Å². The van der Waals surface area contributed by atoms with Gasteiger partial charge in [-0.3, -0.25) is 5.32 Å². The monoisotopic (exact) mass is 291 g/mol. The lowest BCUT2D eigenvalue weighted by molar-refractivity contribution is -0.206. The lowest BCUT2D eigenvalue weighted by atomic mass is 10.0. The van der Waals surface area contributed by atoms with Crippen molar-refractivity contribution in [3.05, 3.63) is 29.8 Å². The first-order chi connectivity index (χ1) is 9.22. The number of carbonyl (C=O) groups is 1. The molecule has 0 aliphatic rings. The van der Waals surface area contributed by atoms with Crippen molar-refractivity contribution in [1.29, 1.82) is 0 Å². The van der Waals surface area contributed by atoms with E-state index in [1.807, 2.05) is 5.32 Å². The van der Waals surface area contributed by atoms with E-state index >= 15 is 0 Å². The molecule has 1 atom stereocenters. The van der Waals surface area contributed by atoms with Crippen LogP contribution < -0.4 is 10.1 Å². The minimum absolute atomic E-state index is 0.265. The number of hydrogen-bond donors (Lipinski definition) is 2. The molecule has 0 heterocycles. The van der Waals surface area contributed by atoms with Crippen molar-refractivity contribution in [2.75, 3.05) is 6.61 Å². The predicted octanol–water partition coefficient (Wildman–Crippen LogP) is 2.58. The Kier molecular flexibility index (Phi) is 4.99. The lowest BCUT2D eigenvalue weighted by Crippen LogP contribution is -2.59. The molecule has 1 rings (SSSR count). The van der Waals surface area contributed by atoms with Crippen LogP contribution in [0, 0.1) is 0 Å². The molecule has 0 saturated carbocycles. The Bertz CT molecular complexity index is 476. The summed E-state index contributed by atoms with van der Waals surface area (Å²) in [5, 5.41) is 10.9. The van der Waals surface area contributed by atoms with Gasteiger partial charge in [-0.05, 0) is 19.9 Å². The molecule has 0 saturated heterocycles. The van der Waals surface area contributed by atoms with E-state index in [-0.39, 0.29) is 6.54 Å². The van der Waals surface area contributed by atoms with Gasteiger partial charge in [0.25, 0.3) is 0 Å². The van der Waals surface area contributed by atoms with Gasteiger partial charge in [-0.25, -0.2) is 4.79 Å². The number of alkyl halides is 3. The van der Waals surface area contributed by atoms with E-state index in [2.05, 4.69) is 0 Å². The first-order valence-corrected chi connectivity index (χ1v) is 5.98. The Hall–Kier alpha value is -1.76. The van der Waals surface area contributed by atoms with Crippen molar-refractivity contribution in [2.45, 2.75) is 32.1 Å². The number of benzene rings is 1. The van der Waals surface area contributed by atoms with Gasteiger partial charge < -0.3 is 9.84 Å². The Morgan fingerprint density at radius 1 is 1.35 bits per heavy atom. The molecule has 1 aromatic carbocycles. The molecular weight excluding hydrogens is 275 g/mol. The molecule has 2 N–H and O–H groups in total. The zero-order chi connectivity index (χ0) is 15.4. The smallest absolute Gasteiger partial charge is 0.417 e. The summed E-state index contributed by atoms with van der Waals surface area (Å²) in [6.07, 6.45) is -4.90. The summed E-state index contributed by atoms with van der Waals surface area (Å²) in [5.41, 5.74) is -2.54. The first-order valence-electron chi connectivity index (χ1n) is 5.98. The third-order valence-electron chi connectivity index (χ3n) is 2.90. The fraction of sp³-hybridized carbons (Fsp3) is 0.462. The maximum absolute atomic E-state index is 12.8. The number of aliphatic carboxylic acids is 1. The molecule has 0 aliphatic heterocycles. The molecule has 112 valence electrons. The number of rotatable bonds is 6. The van der Waals surface area contributed by atoms with Crippen LogP contribution in [0.5, 0.6) is 5.75 Å². The summed E-state index contributed by atoms with van der Waals surface area (Å²) in [7, 11) is 0. The van der Waals surface area contributed by atoms with Crippen molar-refractivity contribution in [2.24, 2.45) is 0 Å². The summed E-state index contributed by atoms with van der Waals surface area (Å²) in [6, 6.07) is 6.53. The number of para-hydroxylation sites is 1. The minimum Gasteiger partial charge on any atom is -0.494 e. The van der Waals surface area contributed by atoms with Gasteiger partial charge >= 0.3 is 12.1 Å². The normalized spacial score (nSPS) is 14.7. The fourth-order valence-electron chi connectivity index (χ4n) is 1.52. The van der Waals surface area contributed by atoms with E-state index in [9.17, 15) is 18.0 Å². The van der Waals surface area contributed by atoms with Crippen molar-refractivity contribution >= 4 is 5.97 Å². The summed E-state index contributed by atoms with van der Waals surface area (Å²) >= 11 is 0. The Labute approximate surface area is 114 Å². The van der Waals surface area contributed by atoms with Gasteiger partial charge in [-0.1, -0.05) is 18.2 Å². The van der Waals surface area contributed by atoms with E-state index in [0.29, 0.717) is 24.8 Å². The van der Waals surface area contributed by atoms with Crippen molar-refractivity contribution < 1.29 is 27.8 Å². The summed E-state index contributed by atoms with van der Waals surface area (Å²) < 4.78 is 43.8. The first kappa shape index (κ1) is 16.3. The molecule has 0 aliphatic carbocycles. The zero-order valence-corrected chi connectivity index (χ0v) is 11.1. The number of carboxylic acids is 1. The molecule has 20 heavy (non-hydrogen) atoms. The van der Waals surface area contributed by atoms with Crippen molar-refractivity contribution in [1.82, 2.24) is 5.32 Å². The Morgan fingerprint density at radius 3 is 2.45 bits per heavy atom. The van der Waals surface area contributed by atoms with E-state index < -0.39 is 17.7 Å². The highest BCUT2D eigenvalue weighted by molar-refractivity contribution is 5.79. The van der Waals surface area contributed by atoms with Crippen LogP contribution in [0.4, 0.5) is 13.2 Å². The quantitative estimate of drug-likeness (QED) is 0.846. The van der Waals surface area contributed by atoms with Crippen molar-refractivity contribution in [3.8, 4) is 5.75 Å². The van der Waals surface area contributed by atoms with Crippen LogP contribution in [0.15, 0.2) is 24.3 Å². The van der Waals surface area contributed by atoms with Crippen LogP contribution in [-0.4, -0.2) is 29.4 Å². The highest BCUT2D eigenvalue weighted by Crippen LogP contribution is 2.31. The zero-order valence-electron chi connectivity index (χ0n) is 11.1. The van der Waals surface area contributed by atoms with E-state index in [4.69, 9.17) is 9.84 Å². The average Bonchev–Trinajstić information content (AvgIpc) is 2.36. The topological polar surface area (TPSA) is 58.6 Å². The third kappa shape index (κ3) is 3.41. The molecule has 0 spiro atoms. The SMILES string of the molecule is CCOc1ccccc1CNC(C)(C(=O)O)C(F)(F)F. The van der Waals surface area contributed by atoms with Gasteiger partial charge in [-0.2, -0.15) is 13.2 Å². The number of nitrogens with one attached hydrogen (secondary N) is 1. The van der Waals surface area contributed by atoms with Gasteiger partial charge in [0.2, 0.25) is 5.54 Å². The second-order valence-electron chi connectivity index (χ2n) is 4.32. The standard InChI is InChI=1S/C13H16F3NO3/c1-3-20-10-7-5-4-6-9(10)8-17-12(2,11(18)19)13(14,15)16/h4-7,17H,3,8H2,1-2H3,(H,18,19). The van der Waals surface area contributed by atoms with Gasteiger partial charge in [-0.15, -0.1) is 0 Å². The number of ether oxygens (including phenoxy) is 1. The molecule has 1 unspecified atom stereocenters. The van der Waals surface area contributed by atoms with Crippen LogP contribution >= 0.6 is 0 Å². The largest absolute Gasteiger partial charge is 0.494 e. The van der Waals surface area contributed by atoms with Gasteiger partial charge in [0.15, 0.2) is 0 Å². The van der Waals surface area contributed by atoms with Gasteiger partial charge in [0.05, 0.1) is 6.61 Å². The minimum atomic E-state index is -4.90. The molecule has 0 bridgehead atoms. The molecule has 4 nitrogen and oxygen atoms in total. The predicted molar refractivity (Wildman–Crippen MR) is 66.5 cm³/mol. The maximum Gasteiger partial charge on any atom is 0.417 e. The maximum atomic E-state index is 12.8. The molecule has 7 heteroatoms. The summed E-state index contributed by atoms with van der Waals surface area (Å²) in [4.78, 5) is 10.9. The number of hydrogen-bond acceptors (Lipinski definition) is 3. The van der Waals surface area contributed by atoms with Crippen LogP contribution in [0.3, 0.4) is 0 Å². The second kappa shape index (κ2) is 6.13. The van der Waals surface area contributed by atoms with Crippen LogP contribution in [0.25, 0.3) is 0 Å². The van der Waals surface area contributed by atoms with Crippen LogP contribution in [0.1, 0.15) is 19.4 Å². The number of halogens is 3. The molecule has 0 radical (unpaired) electrons. The summed E-state index contributed by atoms with van der Waals surface area (Å²) in [5.74, 6) is -1.55. The van der Waals surface area contributed by atoms with Crippen molar-refractivity contribution in [3.63, 3.8) is 0 Å². The number of carboxylic acid groups (broad SMARTS) is 1. The molecular formula is C13H16F3NO3. The molecule has 0 fully saturated rings. The highest BCUT2D eigenvalue weighted by atomic mass is 19.4. The highest BCUT2D eigenvalue weighted by Gasteiger charge is 2.57. The van der Waals surface area contributed by atoms with Crippen LogP contribution in [-0.2, 0) is 11.3 Å². The average molecular weight is 291 g/mol. The second-order valence-corrected chi connectivity index (χ2v) is 4.32. The molecule has 1 aromatic rings. The lowest BCUT2D eigenvalue weighted by Gasteiger charge is -2.29.